The fourth-order valence-corrected chi connectivity index (χ4v) is 6.79. The molecule has 2 aromatic rings. The third-order valence-electron chi connectivity index (χ3n) is 9.25. The Balaban J connectivity index is 1.18. The lowest BCUT2D eigenvalue weighted by atomic mass is 9.85. The third-order valence-corrected chi connectivity index (χ3v) is 10.2. The van der Waals surface area contributed by atoms with Crippen LogP contribution >= 0.6 is 11.3 Å². The number of rotatable bonds is 33. The molecule has 0 bridgehead atoms. The van der Waals surface area contributed by atoms with Gasteiger partial charge in [0.25, 0.3) is 0 Å². The molecule has 1 saturated heterocycles. The second-order valence-corrected chi connectivity index (χ2v) is 16.1. The second kappa shape index (κ2) is 29.6. The van der Waals surface area contributed by atoms with E-state index in [1.165, 1.54) is 4.90 Å². The summed E-state index contributed by atoms with van der Waals surface area (Å²) in [6.45, 7) is 13.6. The van der Waals surface area contributed by atoms with Gasteiger partial charge in [0.1, 0.15) is 12.1 Å². The number of aliphatic hydroxyl groups excluding tert-OH is 1. The monoisotopic (exact) mass is 882 g/mol. The number of aromatic nitrogens is 1. The SMILES string of the molecule is Cc1ncsc1-c1ccc(CNC(=O)[C@@H]2C[C@@H](O)CN2C(=O)[C@@H](NC(=O)CCOCCOCCOCCOCCOCCOCCOCCOCCC(=O)O)C(C)(C)C)cc1. The lowest BCUT2D eigenvalue weighted by Gasteiger charge is -2.35. The highest BCUT2D eigenvalue weighted by atomic mass is 32.1. The molecular weight excluding hydrogens is 817 g/mol. The normalized spacial score (nSPS) is 15.9. The topological polar surface area (TPSA) is 223 Å². The summed E-state index contributed by atoms with van der Waals surface area (Å²) in [5, 5.41) is 24.8. The van der Waals surface area contributed by atoms with Gasteiger partial charge >= 0.3 is 5.97 Å². The van der Waals surface area contributed by atoms with Crippen molar-refractivity contribution in [3.8, 4) is 10.4 Å². The first-order valence-corrected chi connectivity index (χ1v) is 21.6. The maximum atomic E-state index is 13.9. The van der Waals surface area contributed by atoms with Crippen LogP contribution in [0.1, 0.15) is 51.3 Å². The number of aliphatic hydroxyl groups is 1. The predicted molar refractivity (Wildman–Crippen MR) is 225 cm³/mol. The first kappa shape index (κ1) is 51.7. The number of amides is 3. The third kappa shape index (κ3) is 21.3. The number of carbonyl (C=O) groups excluding carboxylic acids is 3. The minimum Gasteiger partial charge on any atom is -0.481 e. The van der Waals surface area contributed by atoms with Crippen molar-refractivity contribution in [2.75, 3.05) is 112 Å². The lowest BCUT2D eigenvalue weighted by Crippen LogP contribution is -2.57. The fraction of sp³-hybridized carbons (Fsp3) is 0.690. The average Bonchev–Trinajstić information content (AvgIpc) is 3.84. The van der Waals surface area contributed by atoms with Crippen LogP contribution in [0.2, 0.25) is 0 Å². The van der Waals surface area contributed by atoms with Gasteiger partial charge in [0, 0.05) is 25.9 Å². The van der Waals surface area contributed by atoms with Crippen molar-refractivity contribution in [2.24, 2.45) is 5.41 Å². The lowest BCUT2D eigenvalue weighted by molar-refractivity contribution is -0.144. The first-order valence-electron chi connectivity index (χ1n) is 20.8. The molecule has 4 N–H and O–H groups in total. The number of benzene rings is 1. The maximum Gasteiger partial charge on any atom is 0.305 e. The molecule has 1 aromatic heterocycles. The van der Waals surface area contributed by atoms with Gasteiger partial charge in [-0.3, -0.25) is 19.2 Å². The molecule has 1 aliphatic heterocycles. The highest BCUT2D eigenvalue weighted by Crippen LogP contribution is 2.28. The van der Waals surface area contributed by atoms with E-state index < -0.39 is 35.5 Å². The average molecular weight is 883 g/mol. The zero-order valence-corrected chi connectivity index (χ0v) is 36.9. The van der Waals surface area contributed by atoms with Crippen molar-refractivity contribution in [1.29, 1.82) is 0 Å². The number of aliphatic carboxylic acids is 1. The molecule has 0 saturated carbocycles. The van der Waals surface area contributed by atoms with Gasteiger partial charge in [-0.15, -0.1) is 11.3 Å². The van der Waals surface area contributed by atoms with E-state index in [0.717, 1.165) is 21.7 Å². The molecule has 19 heteroatoms. The van der Waals surface area contributed by atoms with E-state index >= 15 is 0 Å². The quantitative estimate of drug-likeness (QED) is 0.0755. The summed E-state index contributed by atoms with van der Waals surface area (Å²) >= 11 is 1.57. The molecule has 344 valence electrons. The predicted octanol–water partition coefficient (Wildman–Crippen LogP) is 2.23. The molecule has 0 radical (unpaired) electrons. The number of nitrogens with zero attached hydrogens (tertiary/aromatic N) is 2. The summed E-state index contributed by atoms with van der Waals surface area (Å²) in [5.41, 5.74) is 4.05. The molecular formula is C42H66N4O14S. The smallest absolute Gasteiger partial charge is 0.305 e. The minimum atomic E-state index is -0.924. The van der Waals surface area contributed by atoms with Crippen LogP contribution in [0.15, 0.2) is 29.8 Å². The van der Waals surface area contributed by atoms with Crippen LogP contribution < -0.4 is 10.6 Å². The van der Waals surface area contributed by atoms with E-state index in [4.69, 9.17) is 43.0 Å². The second-order valence-electron chi connectivity index (χ2n) is 15.2. The van der Waals surface area contributed by atoms with Crippen LogP contribution in [0, 0.1) is 12.3 Å². The van der Waals surface area contributed by atoms with Gasteiger partial charge in [0.2, 0.25) is 17.7 Å². The van der Waals surface area contributed by atoms with Gasteiger partial charge in [-0.05, 0) is 23.5 Å². The number of carboxylic acids is 1. The molecule has 3 amide bonds. The Morgan fingerprint density at radius 2 is 1.21 bits per heavy atom. The van der Waals surface area contributed by atoms with Crippen LogP contribution in [0.5, 0.6) is 0 Å². The van der Waals surface area contributed by atoms with Gasteiger partial charge in [-0.2, -0.15) is 0 Å². The van der Waals surface area contributed by atoms with Crippen LogP contribution in [-0.4, -0.2) is 174 Å². The summed E-state index contributed by atoms with van der Waals surface area (Å²) in [6, 6.07) is 6.07. The minimum absolute atomic E-state index is 0.00372. The summed E-state index contributed by atoms with van der Waals surface area (Å²) < 4.78 is 43.4. The number of likely N-dealkylation sites (tertiary alicyclic amines) is 1. The number of hydrogen-bond acceptors (Lipinski definition) is 15. The number of carbonyl (C=O) groups is 4. The summed E-state index contributed by atoms with van der Waals surface area (Å²) in [5.74, 6) is -2.04. The van der Waals surface area contributed by atoms with Crippen LogP contribution in [0.4, 0.5) is 0 Å². The van der Waals surface area contributed by atoms with Crippen molar-refractivity contribution in [3.63, 3.8) is 0 Å². The Hall–Kier alpha value is -3.63. The van der Waals surface area contributed by atoms with E-state index in [-0.39, 0.29) is 64.0 Å². The van der Waals surface area contributed by atoms with Crippen molar-refractivity contribution >= 4 is 35.0 Å². The van der Waals surface area contributed by atoms with E-state index in [9.17, 15) is 24.3 Å². The highest BCUT2D eigenvalue weighted by molar-refractivity contribution is 7.13. The molecule has 18 nitrogen and oxygen atoms in total. The van der Waals surface area contributed by atoms with E-state index in [0.29, 0.717) is 85.9 Å². The number of β-amino-alcohol motifs (C(OH)–C–C–N with tert-alkyl or cyclic N) is 1. The van der Waals surface area contributed by atoms with E-state index in [1.807, 2.05) is 57.5 Å². The molecule has 1 fully saturated rings. The number of aryl methyl sites for hydroxylation is 1. The van der Waals surface area contributed by atoms with Gasteiger partial charge in [-0.1, -0.05) is 45.0 Å². The van der Waals surface area contributed by atoms with E-state index in [1.54, 1.807) is 11.3 Å². The molecule has 1 aromatic carbocycles. The first-order chi connectivity index (χ1) is 29.4. The molecule has 0 aliphatic carbocycles. The molecule has 0 spiro atoms. The summed E-state index contributed by atoms with van der Waals surface area (Å²) in [7, 11) is 0. The molecule has 1 aliphatic rings. The van der Waals surface area contributed by atoms with Gasteiger partial charge in [0.05, 0.1) is 134 Å². The maximum absolute atomic E-state index is 13.9. The van der Waals surface area contributed by atoms with Gasteiger partial charge in [0.15, 0.2) is 0 Å². The summed E-state index contributed by atoms with van der Waals surface area (Å²) in [6.07, 6.45) is -0.744. The Labute approximate surface area is 362 Å². The van der Waals surface area contributed by atoms with Crippen LogP contribution in [0.3, 0.4) is 0 Å². The number of hydrogen-bond donors (Lipinski definition) is 4. The highest BCUT2D eigenvalue weighted by Gasteiger charge is 2.44. The Morgan fingerprint density at radius 3 is 1.64 bits per heavy atom. The molecule has 0 unspecified atom stereocenters. The number of thiazole rings is 1. The van der Waals surface area contributed by atoms with Crippen molar-refractivity contribution in [3.05, 3.63) is 41.0 Å². The Morgan fingerprint density at radius 1 is 0.754 bits per heavy atom. The molecule has 2 heterocycles. The zero-order chi connectivity index (χ0) is 44.3. The molecule has 3 atom stereocenters. The molecule has 3 rings (SSSR count). The largest absolute Gasteiger partial charge is 0.481 e. The van der Waals surface area contributed by atoms with Crippen molar-refractivity contribution < 1.29 is 67.3 Å². The fourth-order valence-electron chi connectivity index (χ4n) is 5.98. The van der Waals surface area contributed by atoms with Crippen LogP contribution in [0.25, 0.3) is 10.4 Å². The Kier molecular flexibility index (Phi) is 25.1. The van der Waals surface area contributed by atoms with Crippen LogP contribution in [-0.2, 0) is 63.6 Å². The number of nitrogens with one attached hydrogen (secondary N) is 2. The Bertz CT molecular complexity index is 1560. The standard InChI is InChI=1S/C42H66N4O14S/c1-31-38(61-30-44-31)33-7-5-32(6-8-33)28-43-40(51)35-27-34(47)29-46(35)41(52)39(42(2,3)4)45-36(48)9-11-53-13-15-55-17-19-57-21-23-59-25-26-60-24-22-58-20-18-56-16-14-54-12-10-37(49)50/h5-8,30,34-35,39,47H,9-29H2,1-4H3,(H,43,51)(H,45,48)(H,49,50)/t34-,35+,39-/m1/s1. The van der Waals surface area contributed by atoms with Crippen molar-refractivity contribution in [1.82, 2.24) is 20.5 Å². The van der Waals surface area contributed by atoms with E-state index in [2.05, 4.69) is 15.6 Å². The van der Waals surface area contributed by atoms with Crippen molar-refractivity contribution in [2.45, 2.75) is 71.7 Å². The summed E-state index contributed by atoms with van der Waals surface area (Å²) in [4.78, 5) is 57.3. The number of ether oxygens (including phenoxy) is 8. The number of carboxylic acid groups (broad SMARTS) is 1. The van der Waals surface area contributed by atoms with Gasteiger partial charge < -0.3 is 63.6 Å². The van der Waals surface area contributed by atoms with Gasteiger partial charge in [-0.25, -0.2) is 4.98 Å². The zero-order valence-electron chi connectivity index (χ0n) is 36.1. The molecule has 61 heavy (non-hydrogen) atoms.